The Morgan fingerprint density at radius 1 is 0.933 bits per heavy atom. The van der Waals surface area contributed by atoms with E-state index in [9.17, 15) is 9.59 Å². The first-order valence-electron chi connectivity index (χ1n) is 9.51. The van der Waals surface area contributed by atoms with Crippen LogP contribution in [0.2, 0.25) is 0 Å². The molecule has 0 saturated carbocycles. The lowest BCUT2D eigenvalue weighted by atomic mass is 9.92. The molecule has 1 heterocycles. The Balaban J connectivity index is 1.86. The Morgan fingerprint density at radius 2 is 1.70 bits per heavy atom. The van der Waals surface area contributed by atoms with E-state index < -0.39 is 0 Å². The van der Waals surface area contributed by atoms with Crippen LogP contribution in [0.1, 0.15) is 33.3 Å². The molecule has 1 amide bonds. The van der Waals surface area contributed by atoms with Crippen molar-refractivity contribution in [2.24, 2.45) is 0 Å². The van der Waals surface area contributed by atoms with Gasteiger partial charge in [-0.05, 0) is 55.8 Å². The Morgan fingerprint density at radius 3 is 2.40 bits per heavy atom. The van der Waals surface area contributed by atoms with Crippen molar-refractivity contribution in [3.8, 4) is 11.1 Å². The summed E-state index contributed by atoms with van der Waals surface area (Å²) in [5.74, 6) is -0.242. The molecule has 0 radical (unpaired) electrons. The van der Waals surface area contributed by atoms with Crippen LogP contribution in [0.5, 0.6) is 0 Å². The number of nitrogens with zero attached hydrogens (tertiary/aromatic N) is 1. The largest absolute Gasteiger partial charge is 0.322 e. The highest BCUT2D eigenvalue weighted by molar-refractivity contribution is 9.10. The van der Waals surface area contributed by atoms with Crippen molar-refractivity contribution in [2.75, 3.05) is 5.32 Å². The molecular weight excluding hydrogens is 440 g/mol. The molecular formula is C25H19BrN2O2. The van der Waals surface area contributed by atoms with Gasteiger partial charge in [0.25, 0.3) is 5.91 Å². The zero-order valence-electron chi connectivity index (χ0n) is 16.6. The van der Waals surface area contributed by atoms with Gasteiger partial charge in [-0.3, -0.25) is 14.6 Å². The fourth-order valence-corrected chi connectivity index (χ4v) is 4.03. The highest BCUT2D eigenvalue weighted by atomic mass is 79.9. The van der Waals surface area contributed by atoms with E-state index in [1.54, 1.807) is 19.1 Å². The van der Waals surface area contributed by atoms with Crippen molar-refractivity contribution in [3.05, 3.63) is 94.1 Å². The molecule has 5 heteroatoms. The highest BCUT2D eigenvalue weighted by Crippen LogP contribution is 2.34. The Bertz CT molecular complexity index is 1280. The minimum absolute atomic E-state index is 0.0377. The van der Waals surface area contributed by atoms with Crippen molar-refractivity contribution in [2.45, 2.75) is 13.8 Å². The number of nitrogens with one attached hydrogen (secondary N) is 1. The summed E-state index contributed by atoms with van der Waals surface area (Å²) in [6, 6.07) is 22.6. The summed E-state index contributed by atoms with van der Waals surface area (Å²) in [6.45, 7) is 3.41. The number of carbonyl (C=O) groups is 2. The second-order valence-electron chi connectivity index (χ2n) is 7.07. The van der Waals surface area contributed by atoms with Crippen molar-refractivity contribution >= 4 is 44.2 Å². The average Bonchev–Trinajstić information content (AvgIpc) is 2.73. The van der Waals surface area contributed by atoms with E-state index in [-0.39, 0.29) is 11.7 Å². The van der Waals surface area contributed by atoms with E-state index in [4.69, 9.17) is 0 Å². The topological polar surface area (TPSA) is 59.1 Å². The zero-order valence-corrected chi connectivity index (χ0v) is 18.2. The lowest BCUT2D eigenvalue weighted by molar-refractivity contribution is 0.101. The molecule has 4 nitrogen and oxygen atoms in total. The number of aromatic nitrogens is 1. The van der Waals surface area contributed by atoms with Gasteiger partial charge in [-0.25, -0.2) is 0 Å². The summed E-state index contributed by atoms with van der Waals surface area (Å²) in [7, 11) is 0. The lowest BCUT2D eigenvalue weighted by Gasteiger charge is -2.15. The number of carbonyl (C=O) groups excluding carboxylic acids is 2. The van der Waals surface area contributed by atoms with Crippen LogP contribution in [0.25, 0.3) is 22.0 Å². The maximum absolute atomic E-state index is 12.7. The molecule has 1 aromatic heterocycles. The Hall–Kier alpha value is -3.31. The smallest absolute Gasteiger partial charge is 0.255 e. The molecule has 30 heavy (non-hydrogen) atoms. The van der Waals surface area contributed by atoms with Crippen molar-refractivity contribution in [1.29, 1.82) is 0 Å². The van der Waals surface area contributed by atoms with Crippen molar-refractivity contribution in [1.82, 2.24) is 4.98 Å². The average molecular weight is 459 g/mol. The predicted octanol–water partition coefficient (Wildman–Crippen LogP) is 6.43. The normalized spacial score (nSPS) is 10.8. The van der Waals surface area contributed by atoms with Crippen LogP contribution in [-0.4, -0.2) is 16.7 Å². The van der Waals surface area contributed by atoms with Crippen molar-refractivity contribution < 1.29 is 9.59 Å². The monoisotopic (exact) mass is 458 g/mol. The van der Waals surface area contributed by atoms with Crippen LogP contribution in [0.3, 0.4) is 0 Å². The molecule has 0 fully saturated rings. The van der Waals surface area contributed by atoms with Gasteiger partial charge in [0, 0.05) is 37.9 Å². The van der Waals surface area contributed by atoms with Gasteiger partial charge in [0.1, 0.15) is 0 Å². The minimum atomic E-state index is -0.205. The maximum atomic E-state index is 12.7. The van der Waals surface area contributed by atoms with Gasteiger partial charge in [0.2, 0.25) is 0 Å². The second-order valence-corrected chi connectivity index (χ2v) is 7.98. The number of amides is 1. The van der Waals surface area contributed by atoms with Gasteiger partial charge in [-0.15, -0.1) is 0 Å². The van der Waals surface area contributed by atoms with E-state index in [2.05, 4.69) is 26.2 Å². The van der Waals surface area contributed by atoms with E-state index in [0.29, 0.717) is 22.5 Å². The summed E-state index contributed by atoms with van der Waals surface area (Å²) < 4.78 is 0.839. The minimum Gasteiger partial charge on any atom is -0.322 e. The summed E-state index contributed by atoms with van der Waals surface area (Å²) >= 11 is 3.39. The van der Waals surface area contributed by atoms with E-state index in [0.717, 1.165) is 26.5 Å². The molecule has 4 aromatic rings. The first kappa shape index (κ1) is 20.0. The SMILES string of the molecule is CC(=O)c1c(C)nc2ccc(NC(=O)c3cccc(Br)c3)cc2c1-c1ccccc1. The van der Waals surface area contributed by atoms with E-state index in [1.165, 1.54) is 0 Å². The van der Waals surface area contributed by atoms with Gasteiger partial charge >= 0.3 is 0 Å². The number of ketones is 1. The van der Waals surface area contributed by atoms with E-state index in [1.807, 2.05) is 67.6 Å². The fraction of sp³-hybridized carbons (Fsp3) is 0.0800. The molecule has 0 saturated heterocycles. The van der Waals surface area contributed by atoms with Gasteiger partial charge in [-0.2, -0.15) is 0 Å². The third-order valence-electron chi connectivity index (χ3n) is 4.93. The van der Waals surface area contributed by atoms with Crippen LogP contribution >= 0.6 is 15.9 Å². The van der Waals surface area contributed by atoms with Crippen LogP contribution in [0.15, 0.2) is 77.3 Å². The van der Waals surface area contributed by atoms with E-state index >= 15 is 0 Å². The molecule has 0 aliphatic heterocycles. The number of fused-ring (bicyclic) bond motifs is 1. The first-order valence-corrected chi connectivity index (χ1v) is 10.3. The third kappa shape index (κ3) is 3.89. The quantitative estimate of drug-likeness (QED) is 0.358. The molecule has 0 atom stereocenters. The summed E-state index contributed by atoms with van der Waals surface area (Å²) in [5.41, 5.74) is 5.04. The maximum Gasteiger partial charge on any atom is 0.255 e. The standard InChI is InChI=1S/C25H19BrN2O2/c1-15-23(16(2)29)24(17-7-4-3-5-8-17)21-14-20(11-12-22(21)27-15)28-25(30)18-9-6-10-19(26)13-18/h3-14H,1-2H3,(H,28,30). The number of halogens is 1. The van der Waals surface area contributed by atoms with Gasteiger partial charge < -0.3 is 5.32 Å². The third-order valence-corrected chi connectivity index (χ3v) is 5.42. The highest BCUT2D eigenvalue weighted by Gasteiger charge is 2.18. The number of rotatable bonds is 4. The molecule has 0 spiro atoms. The Kier molecular flexibility index (Phi) is 5.46. The zero-order chi connectivity index (χ0) is 21.3. The molecule has 0 aliphatic rings. The molecule has 3 aromatic carbocycles. The van der Waals surface area contributed by atoms with Crippen molar-refractivity contribution in [3.63, 3.8) is 0 Å². The molecule has 0 aliphatic carbocycles. The number of benzene rings is 3. The molecule has 0 bridgehead atoms. The molecule has 1 N–H and O–H groups in total. The fourth-order valence-electron chi connectivity index (χ4n) is 3.63. The molecule has 148 valence electrons. The summed E-state index contributed by atoms with van der Waals surface area (Å²) in [6.07, 6.45) is 0. The van der Waals surface area contributed by atoms with Crippen LogP contribution in [-0.2, 0) is 0 Å². The molecule has 0 unspecified atom stereocenters. The second kappa shape index (κ2) is 8.20. The van der Waals surface area contributed by atoms with Gasteiger partial charge in [0.05, 0.1) is 5.52 Å². The summed E-state index contributed by atoms with van der Waals surface area (Å²) in [5, 5.41) is 3.77. The summed E-state index contributed by atoms with van der Waals surface area (Å²) in [4.78, 5) is 29.8. The number of anilines is 1. The van der Waals surface area contributed by atoms with Crippen LogP contribution < -0.4 is 5.32 Å². The predicted molar refractivity (Wildman–Crippen MR) is 124 cm³/mol. The van der Waals surface area contributed by atoms with Gasteiger partial charge in [-0.1, -0.05) is 52.3 Å². The lowest BCUT2D eigenvalue weighted by Crippen LogP contribution is -2.12. The number of Topliss-reactive ketones (excluding diaryl/α,β-unsaturated/α-hetero) is 1. The van der Waals surface area contributed by atoms with Crippen LogP contribution in [0.4, 0.5) is 5.69 Å². The Labute approximate surface area is 183 Å². The number of hydrogen-bond donors (Lipinski definition) is 1. The number of pyridine rings is 1. The molecule has 4 rings (SSSR count). The number of hydrogen-bond acceptors (Lipinski definition) is 3. The first-order chi connectivity index (χ1) is 14.4. The van der Waals surface area contributed by atoms with Crippen LogP contribution in [0, 0.1) is 6.92 Å². The number of aryl methyl sites for hydroxylation is 1. The van der Waals surface area contributed by atoms with Gasteiger partial charge in [0.15, 0.2) is 5.78 Å².